The van der Waals surface area contributed by atoms with Crippen molar-refractivity contribution < 1.29 is 4.74 Å². The average molecular weight is 254 g/mol. The van der Waals surface area contributed by atoms with Gasteiger partial charge in [-0.2, -0.15) is 5.10 Å². The van der Waals surface area contributed by atoms with Crippen LogP contribution in [0.3, 0.4) is 0 Å². The highest BCUT2D eigenvalue weighted by Gasteiger charge is 2.19. The lowest BCUT2D eigenvalue weighted by Crippen LogP contribution is -2.30. The van der Waals surface area contributed by atoms with E-state index in [2.05, 4.69) is 16.3 Å². The van der Waals surface area contributed by atoms with Crippen molar-refractivity contribution in [2.45, 2.75) is 19.0 Å². The van der Waals surface area contributed by atoms with E-state index >= 15 is 0 Å². The highest BCUT2D eigenvalue weighted by atomic mass is 35.5. The van der Waals surface area contributed by atoms with E-state index < -0.39 is 0 Å². The van der Waals surface area contributed by atoms with Crippen molar-refractivity contribution in [1.82, 2.24) is 9.78 Å². The van der Waals surface area contributed by atoms with Crippen LogP contribution in [-0.2, 0) is 11.3 Å². The van der Waals surface area contributed by atoms with Crippen molar-refractivity contribution in [2.24, 2.45) is 0 Å². The van der Waals surface area contributed by atoms with E-state index in [1.54, 1.807) is 0 Å². The molecule has 5 nitrogen and oxygen atoms in total. The number of hydrogen-bond donors (Lipinski definition) is 1. The van der Waals surface area contributed by atoms with E-state index in [0.717, 1.165) is 6.42 Å². The van der Waals surface area contributed by atoms with E-state index in [0.29, 0.717) is 23.9 Å². The molecular weight excluding hydrogens is 242 g/mol. The number of nitrogens with one attached hydrogen (secondary N) is 1. The van der Waals surface area contributed by atoms with E-state index in [1.165, 1.54) is 10.9 Å². The molecule has 1 N–H and O–H groups in total. The molecule has 2 rings (SSSR count). The van der Waals surface area contributed by atoms with Crippen molar-refractivity contribution in [3.05, 3.63) is 21.6 Å². The molecule has 0 aromatic carbocycles. The fraction of sp³-hybridized carbons (Fsp3) is 0.455. The Kier molecular flexibility index (Phi) is 3.67. The number of aromatic nitrogens is 2. The number of hydrogen-bond acceptors (Lipinski definition) is 4. The van der Waals surface area contributed by atoms with Crippen molar-refractivity contribution >= 4 is 17.3 Å². The Bertz CT molecular complexity index is 500. The summed E-state index contributed by atoms with van der Waals surface area (Å²) in [5.41, 5.74) is 0.0368. The van der Waals surface area contributed by atoms with Gasteiger partial charge in [-0.15, -0.1) is 6.42 Å². The number of nitrogens with zero attached hydrogens (tertiary/aromatic N) is 2. The zero-order valence-electron chi connectivity index (χ0n) is 9.15. The quantitative estimate of drug-likeness (QED) is 0.807. The first-order valence-corrected chi connectivity index (χ1v) is 5.63. The molecule has 1 aromatic rings. The maximum Gasteiger partial charge on any atom is 0.292 e. The van der Waals surface area contributed by atoms with Gasteiger partial charge in [0, 0.05) is 6.61 Å². The maximum absolute atomic E-state index is 12.0. The maximum atomic E-state index is 12.0. The second-order valence-corrected chi connectivity index (χ2v) is 4.15. The number of ether oxygens (including phenoxy) is 1. The van der Waals surface area contributed by atoms with E-state index in [-0.39, 0.29) is 18.1 Å². The van der Waals surface area contributed by atoms with Crippen LogP contribution in [0.2, 0.25) is 5.02 Å². The van der Waals surface area contributed by atoms with Crippen molar-refractivity contribution in [3.63, 3.8) is 0 Å². The summed E-state index contributed by atoms with van der Waals surface area (Å²) in [6.45, 7) is 1.40. The molecule has 1 aromatic heterocycles. The number of halogens is 1. The normalized spacial score (nSPS) is 18.9. The van der Waals surface area contributed by atoms with Gasteiger partial charge in [-0.3, -0.25) is 4.79 Å². The molecule has 90 valence electrons. The fourth-order valence-corrected chi connectivity index (χ4v) is 1.83. The van der Waals surface area contributed by atoms with Gasteiger partial charge in [0.1, 0.15) is 12.2 Å². The minimum Gasteiger partial charge on any atom is -0.379 e. The summed E-state index contributed by atoms with van der Waals surface area (Å²) in [7, 11) is 0. The molecule has 0 spiro atoms. The SMILES string of the molecule is C#CCn1ncc(Cl)c(NC2CCOC2)c1=O. The monoisotopic (exact) mass is 253 g/mol. The molecule has 1 atom stereocenters. The summed E-state index contributed by atoms with van der Waals surface area (Å²) in [5, 5.41) is 7.24. The van der Waals surface area contributed by atoms with Crippen LogP contribution in [0.1, 0.15) is 6.42 Å². The Labute approximate surface area is 104 Å². The van der Waals surface area contributed by atoms with Crippen LogP contribution in [0, 0.1) is 12.3 Å². The first-order chi connectivity index (χ1) is 8.22. The Morgan fingerprint density at radius 2 is 2.59 bits per heavy atom. The Morgan fingerprint density at radius 1 is 1.76 bits per heavy atom. The third kappa shape index (κ3) is 2.60. The summed E-state index contributed by atoms with van der Waals surface area (Å²) in [6, 6.07) is 0.113. The molecule has 6 heteroatoms. The highest BCUT2D eigenvalue weighted by molar-refractivity contribution is 6.33. The lowest BCUT2D eigenvalue weighted by atomic mass is 10.2. The molecular formula is C11H12ClN3O2. The van der Waals surface area contributed by atoms with Gasteiger partial charge >= 0.3 is 0 Å². The van der Waals surface area contributed by atoms with Crippen molar-refractivity contribution in [2.75, 3.05) is 18.5 Å². The largest absolute Gasteiger partial charge is 0.379 e. The summed E-state index contributed by atoms with van der Waals surface area (Å²) in [4.78, 5) is 12.0. The van der Waals surface area contributed by atoms with Gasteiger partial charge in [0.2, 0.25) is 0 Å². The van der Waals surface area contributed by atoms with E-state index in [9.17, 15) is 4.79 Å². The number of anilines is 1. The molecule has 0 aliphatic carbocycles. The summed E-state index contributed by atoms with van der Waals surface area (Å²) in [5.74, 6) is 2.37. The molecule has 0 bridgehead atoms. The zero-order chi connectivity index (χ0) is 12.3. The lowest BCUT2D eigenvalue weighted by Gasteiger charge is -2.13. The van der Waals surface area contributed by atoms with Crippen LogP contribution in [0.15, 0.2) is 11.0 Å². The van der Waals surface area contributed by atoms with Gasteiger partial charge in [0.25, 0.3) is 5.56 Å². The second kappa shape index (κ2) is 5.21. The van der Waals surface area contributed by atoms with Gasteiger partial charge in [0.05, 0.1) is 23.9 Å². The molecule has 1 aliphatic heterocycles. The zero-order valence-corrected chi connectivity index (χ0v) is 9.91. The molecule has 17 heavy (non-hydrogen) atoms. The van der Waals surface area contributed by atoms with E-state index in [1.807, 2.05) is 0 Å². The third-order valence-electron chi connectivity index (χ3n) is 2.52. The Morgan fingerprint density at radius 3 is 3.24 bits per heavy atom. The average Bonchev–Trinajstić information content (AvgIpc) is 2.81. The van der Waals surface area contributed by atoms with Crippen molar-refractivity contribution in [3.8, 4) is 12.3 Å². The summed E-state index contributed by atoms with van der Waals surface area (Å²) < 4.78 is 6.42. The van der Waals surface area contributed by atoms with Crippen molar-refractivity contribution in [1.29, 1.82) is 0 Å². The van der Waals surface area contributed by atoms with E-state index in [4.69, 9.17) is 22.8 Å². The van der Waals surface area contributed by atoms with Gasteiger partial charge in [-0.05, 0) is 6.42 Å². The number of rotatable bonds is 3. The highest BCUT2D eigenvalue weighted by Crippen LogP contribution is 2.18. The van der Waals surface area contributed by atoms with Crippen LogP contribution in [0.25, 0.3) is 0 Å². The standard InChI is InChI=1S/C11H12ClN3O2/c1-2-4-15-11(16)10(9(12)6-13-15)14-8-3-5-17-7-8/h1,6,8,14H,3-5,7H2. The summed E-state index contributed by atoms with van der Waals surface area (Å²) >= 11 is 5.95. The van der Waals surface area contributed by atoms with Crippen LogP contribution in [0.4, 0.5) is 5.69 Å². The number of terminal acetylenes is 1. The first kappa shape index (κ1) is 12.0. The molecule has 0 saturated carbocycles. The van der Waals surface area contributed by atoms with Crippen LogP contribution in [0.5, 0.6) is 0 Å². The lowest BCUT2D eigenvalue weighted by molar-refractivity contribution is 0.195. The molecule has 1 aliphatic rings. The third-order valence-corrected chi connectivity index (χ3v) is 2.80. The Hall–Kier alpha value is -1.51. The predicted octanol–water partition coefficient (Wildman–Crippen LogP) is 0.731. The minimum absolute atomic E-state index is 0.113. The molecule has 2 heterocycles. The summed E-state index contributed by atoms with van der Waals surface area (Å²) in [6.07, 6.45) is 7.43. The Balaban J connectivity index is 2.28. The first-order valence-electron chi connectivity index (χ1n) is 5.25. The smallest absolute Gasteiger partial charge is 0.292 e. The molecule has 0 radical (unpaired) electrons. The van der Waals surface area contributed by atoms with Gasteiger partial charge < -0.3 is 10.1 Å². The van der Waals surface area contributed by atoms with Crippen LogP contribution < -0.4 is 10.9 Å². The second-order valence-electron chi connectivity index (χ2n) is 3.74. The van der Waals surface area contributed by atoms with Crippen LogP contribution in [-0.4, -0.2) is 29.0 Å². The molecule has 1 unspecified atom stereocenters. The molecule has 1 saturated heterocycles. The molecule has 1 fully saturated rings. The van der Waals surface area contributed by atoms with Crippen LogP contribution >= 0.6 is 11.6 Å². The fourth-order valence-electron chi connectivity index (χ4n) is 1.65. The van der Waals surface area contributed by atoms with Gasteiger partial charge in [0.15, 0.2) is 0 Å². The predicted molar refractivity (Wildman–Crippen MR) is 65.2 cm³/mol. The minimum atomic E-state index is -0.303. The topological polar surface area (TPSA) is 56.1 Å². The van der Waals surface area contributed by atoms with Gasteiger partial charge in [-0.1, -0.05) is 17.5 Å². The molecule has 0 amide bonds. The van der Waals surface area contributed by atoms with Gasteiger partial charge in [-0.25, -0.2) is 4.68 Å².